The third-order valence-corrected chi connectivity index (χ3v) is 1.32. The highest BCUT2D eigenvalue weighted by Gasteiger charge is 2.02. The van der Waals surface area contributed by atoms with Crippen molar-refractivity contribution in [2.75, 3.05) is 0 Å². The lowest BCUT2D eigenvalue weighted by molar-refractivity contribution is 1.28. The second-order valence-corrected chi connectivity index (χ2v) is 1.98. The van der Waals surface area contributed by atoms with Gasteiger partial charge >= 0.3 is 0 Å². The van der Waals surface area contributed by atoms with Gasteiger partial charge in [-0.2, -0.15) is 10.5 Å². The zero-order chi connectivity index (χ0) is 8.10. The molecule has 0 spiro atoms. The van der Waals surface area contributed by atoms with Crippen LogP contribution in [0.15, 0.2) is 28.4 Å². The average molecular weight is 143 g/mol. The van der Waals surface area contributed by atoms with Crippen molar-refractivity contribution in [3.8, 4) is 12.1 Å². The van der Waals surface area contributed by atoms with Gasteiger partial charge in [0.2, 0.25) is 0 Å². The molecular weight excluding hydrogens is 138 g/mol. The van der Waals surface area contributed by atoms with Crippen molar-refractivity contribution in [3.05, 3.63) is 23.4 Å². The number of hydrogen-bond acceptors (Lipinski definition) is 3. The summed E-state index contributed by atoms with van der Waals surface area (Å²) in [6, 6.07) is 3.65. The maximum absolute atomic E-state index is 8.47. The first kappa shape index (κ1) is 7.24. The first-order chi connectivity index (χ1) is 5.38. The minimum Gasteiger partial charge on any atom is -0.269 e. The smallest absolute Gasteiger partial charge is 0.133 e. The fourth-order valence-corrected chi connectivity index (χ4v) is 0.767. The summed E-state index contributed by atoms with van der Waals surface area (Å²) in [5.41, 5.74) is 0.914. The Hall–Kier alpha value is -1.87. The van der Waals surface area contributed by atoms with Gasteiger partial charge in [0, 0.05) is 18.8 Å². The molecule has 0 N–H and O–H groups in total. The molecule has 11 heavy (non-hydrogen) atoms. The lowest BCUT2D eigenvalue weighted by atomic mass is 10.1. The quantitative estimate of drug-likeness (QED) is 0.480. The van der Waals surface area contributed by atoms with Crippen molar-refractivity contribution in [1.82, 2.24) is 0 Å². The topological polar surface area (TPSA) is 59.9 Å². The van der Waals surface area contributed by atoms with Gasteiger partial charge < -0.3 is 0 Å². The molecule has 1 aliphatic heterocycles. The number of allylic oxidation sites excluding steroid dienone is 3. The largest absolute Gasteiger partial charge is 0.269 e. The standard InChI is InChI=1S/C8H5N3/c9-5-8(6-10)7-1-3-11-4-2-7/h1,3-4H,2H2. The molecular formula is C8H5N3. The van der Waals surface area contributed by atoms with Crippen LogP contribution in [0.4, 0.5) is 0 Å². The molecule has 1 aliphatic rings. The van der Waals surface area contributed by atoms with E-state index < -0.39 is 0 Å². The van der Waals surface area contributed by atoms with Crippen LogP contribution in [0.25, 0.3) is 0 Å². The van der Waals surface area contributed by atoms with Crippen LogP contribution in [0.3, 0.4) is 0 Å². The highest BCUT2D eigenvalue weighted by molar-refractivity contribution is 5.67. The summed E-state index contributed by atoms with van der Waals surface area (Å²) < 4.78 is 0. The molecule has 3 heteroatoms. The van der Waals surface area contributed by atoms with Crippen LogP contribution in [-0.4, -0.2) is 6.21 Å². The molecule has 1 heterocycles. The number of rotatable bonds is 0. The second kappa shape index (κ2) is 3.34. The summed E-state index contributed by atoms with van der Waals surface area (Å²) in [5, 5.41) is 16.9. The van der Waals surface area contributed by atoms with E-state index in [9.17, 15) is 0 Å². The van der Waals surface area contributed by atoms with Gasteiger partial charge in [0.05, 0.1) is 0 Å². The van der Waals surface area contributed by atoms with Gasteiger partial charge in [-0.25, -0.2) is 0 Å². The van der Waals surface area contributed by atoms with Crippen LogP contribution in [-0.2, 0) is 0 Å². The molecule has 0 bridgehead atoms. The van der Waals surface area contributed by atoms with E-state index in [0.717, 1.165) is 5.57 Å². The van der Waals surface area contributed by atoms with Crippen molar-refractivity contribution in [2.45, 2.75) is 6.42 Å². The average Bonchev–Trinajstić information content (AvgIpc) is 2.09. The molecule has 0 atom stereocenters. The van der Waals surface area contributed by atoms with Crippen LogP contribution >= 0.6 is 0 Å². The van der Waals surface area contributed by atoms with Crippen LogP contribution < -0.4 is 0 Å². The van der Waals surface area contributed by atoms with Crippen molar-refractivity contribution in [3.63, 3.8) is 0 Å². The Balaban J connectivity index is 3.00. The Morgan fingerprint density at radius 3 is 2.64 bits per heavy atom. The minimum atomic E-state index is 0.174. The molecule has 3 nitrogen and oxygen atoms in total. The maximum atomic E-state index is 8.47. The van der Waals surface area contributed by atoms with Gasteiger partial charge in [-0.05, 0) is 11.6 Å². The van der Waals surface area contributed by atoms with Crippen LogP contribution in [0.1, 0.15) is 6.42 Å². The van der Waals surface area contributed by atoms with Gasteiger partial charge in [0.15, 0.2) is 0 Å². The summed E-state index contributed by atoms with van der Waals surface area (Å²) in [6.45, 7) is 0. The Morgan fingerprint density at radius 1 is 1.45 bits per heavy atom. The van der Waals surface area contributed by atoms with Gasteiger partial charge in [-0.15, -0.1) is 0 Å². The first-order valence-electron chi connectivity index (χ1n) is 3.10. The molecule has 0 radical (unpaired) electrons. The SMILES string of the molecule is N#CC(C#N)=C1C=CN=CC1. The fraction of sp³-hybridized carbons (Fsp3) is 0.125. The van der Waals surface area contributed by atoms with Crippen molar-refractivity contribution < 1.29 is 0 Å². The molecule has 0 aromatic heterocycles. The summed E-state index contributed by atoms with van der Waals surface area (Å²) >= 11 is 0. The van der Waals surface area contributed by atoms with E-state index in [4.69, 9.17) is 10.5 Å². The maximum Gasteiger partial charge on any atom is 0.133 e. The summed E-state index contributed by atoms with van der Waals surface area (Å²) in [6.07, 6.45) is 5.51. The minimum absolute atomic E-state index is 0.174. The highest BCUT2D eigenvalue weighted by atomic mass is 14.7. The summed E-state index contributed by atoms with van der Waals surface area (Å²) in [4.78, 5) is 3.82. The zero-order valence-corrected chi connectivity index (χ0v) is 5.78. The molecule has 0 aromatic carbocycles. The monoisotopic (exact) mass is 143 g/mol. The number of nitrogens with zero attached hydrogens (tertiary/aromatic N) is 3. The van der Waals surface area contributed by atoms with E-state index in [1.807, 2.05) is 12.1 Å². The summed E-state index contributed by atoms with van der Waals surface area (Å²) in [5.74, 6) is 0. The highest BCUT2D eigenvalue weighted by Crippen LogP contribution is 2.11. The Bertz CT molecular complexity index is 304. The predicted molar refractivity (Wildman–Crippen MR) is 40.5 cm³/mol. The van der Waals surface area contributed by atoms with E-state index in [2.05, 4.69) is 4.99 Å². The lowest BCUT2D eigenvalue weighted by Gasteiger charge is -1.98. The lowest BCUT2D eigenvalue weighted by Crippen LogP contribution is -1.89. The summed E-state index contributed by atoms with van der Waals surface area (Å²) in [7, 11) is 0. The zero-order valence-electron chi connectivity index (χ0n) is 5.78. The molecule has 1 rings (SSSR count). The van der Waals surface area contributed by atoms with Gasteiger partial charge in [0.25, 0.3) is 0 Å². The van der Waals surface area contributed by atoms with Gasteiger partial charge in [-0.1, -0.05) is 0 Å². The number of hydrogen-bond donors (Lipinski definition) is 0. The van der Waals surface area contributed by atoms with E-state index >= 15 is 0 Å². The molecule has 0 aromatic rings. The number of aliphatic imine (C=N–C) groups is 1. The molecule has 52 valence electrons. The third-order valence-electron chi connectivity index (χ3n) is 1.32. The predicted octanol–water partition coefficient (Wildman–Crippen LogP) is 1.32. The van der Waals surface area contributed by atoms with Crippen LogP contribution in [0.5, 0.6) is 0 Å². The van der Waals surface area contributed by atoms with Crippen LogP contribution in [0, 0.1) is 22.7 Å². The van der Waals surface area contributed by atoms with E-state index in [1.54, 1.807) is 18.5 Å². The number of nitriles is 2. The van der Waals surface area contributed by atoms with Crippen molar-refractivity contribution in [1.29, 1.82) is 10.5 Å². The Kier molecular flexibility index (Phi) is 2.20. The van der Waals surface area contributed by atoms with Crippen molar-refractivity contribution in [2.24, 2.45) is 4.99 Å². The molecule has 0 saturated heterocycles. The fourth-order valence-electron chi connectivity index (χ4n) is 0.767. The normalized spacial score (nSPS) is 13.8. The second-order valence-electron chi connectivity index (χ2n) is 1.98. The molecule has 0 unspecified atom stereocenters. The van der Waals surface area contributed by atoms with E-state index in [1.165, 1.54) is 0 Å². The molecule has 0 saturated carbocycles. The molecule has 0 amide bonds. The third kappa shape index (κ3) is 1.53. The van der Waals surface area contributed by atoms with Gasteiger partial charge in [0.1, 0.15) is 17.7 Å². The van der Waals surface area contributed by atoms with E-state index in [-0.39, 0.29) is 5.57 Å². The van der Waals surface area contributed by atoms with Crippen LogP contribution in [0.2, 0.25) is 0 Å². The van der Waals surface area contributed by atoms with Gasteiger partial charge in [-0.3, -0.25) is 4.99 Å². The Morgan fingerprint density at radius 2 is 2.18 bits per heavy atom. The molecule has 0 aliphatic carbocycles. The Labute approximate surface area is 64.6 Å². The van der Waals surface area contributed by atoms with E-state index in [0.29, 0.717) is 6.42 Å². The first-order valence-corrected chi connectivity index (χ1v) is 3.10. The molecule has 0 fully saturated rings. The van der Waals surface area contributed by atoms with Crippen molar-refractivity contribution >= 4 is 6.21 Å².